The summed E-state index contributed by atoms with van der Waals surface area (Å²) in [5.74, 6) is 0. The van der Waals surface area contributed by atoms with Crippen molar-refractivity contribution in [1.29, 1.82) is 0 Å². The van der Waals surface area contributed by atoms with Crippen LogP contribution >= 0.6 is 15.9 Å². The maximum atomic E-state index is 3.41. The van der Waals surface area contributed by atoms with Gasteiger partial charge < -0.3 is 5.43 Å². The highest BCUT2D eigenvalue weighted by Crippen LogP contribution is 2.10. The van der Waals surface area contributed by atoms with Gasteiger partial charge in [-0.05, 0) is 29.8 Å². The average molecular weight is 277 g/mol. The van der Waals surface area contributed by atoms with Crippen molar-refractivity contribution >= 4 is 21.6 Å². The Labute approximate surface area is 104 Å². The summed E-state index contributed by atoms with van der Waals surface area (Å²) >= 11 is 3.41. The van der Waals surface area contributed by atoms with E-state index in [0.29, 0.717) is 0 Å². The maximum Gasteiger partial charge on any atom is 0.0487 e. The third kappa shape index (κ3) is 3.36. The number of rotatable bonds is 4. The highest BCUT2D eigenvalue weighted by atomic mass is 79.9. The molecule has 0 aliphatic heterocycles. The predicted octanol–water partition coefficient (Wildman–Crippen LogP) is 3.57. The van der Waals surface area contributed by atoms with E-state index in [4.69, 9.17) is 0 Å². The van der Waals surface area contributed by atoms with Crippen molar-refractivity contribution < 1.29 is 0 Å². The number of halogens is 1. The summed E-state index contributed by atoms with van der Waals surface area (Å²) in [5.41, 5.74) is 8.63. The molecule has 0 unspecified atom stereocenters. The third-order valence-corrected chi connectivity index (χ3v) is 2.74. The highest BCUT2D eigenvalue weighted by Gasteiger charge is 1.92. The van der Waals surface area contributed by atoms with Gasteiger partial charge in [0.25, 0.3) is 0 Å². The van der Waals surface area contributed by atoms with Gasteiger partial charge in [0.15, 0.2) is 0 Å². The Morgan fingerprint density at radius 2 is 1.56 bits per heavy atom. The molecular weight excluding hydrogens is 264 g/mol. The van der Waals surface area contributed by atoms with Gasteiger partial charge in [0, 0.05) is 16.7 Å². The molecule has 0 aliphatic carbocycles. The quantitative estimate of drug-likeness (QED) is 0.835. The molecule has 0 spiro atoms. The minimum Gasteiger partial charge on any atom is -0.321 e. The molecule has 0 saturated carbocycles. The lowest BCUT2D eigenvalue weighted by atomic mass is 10.2. The Morgan fingerprint density at radius 3 is 2.25 bits per heavy atom. The van der Waals surface area contributed by atoms with Crippen LogP contribution in [0.3, 0.4) is 0 Å². The number of para-hydroxylation sites is 1. The molecule has 2 aromatic rings. The summed E-state index contributed by atoms with van der Waals surface area (Å²) in [6.45, 7) is 0.794. The maximum absolute atomic E-state index is 3.41. The van der Waals surface area contributed by atoms with E-state index in [-0.39, 0.29) is 0 Å². The molecule has 16 heavy (non-hydrogen) atoms. The summed E-state index contributed by atoms with van der Waals surface area (Å²) in [5, 5.41) is 0. The number of hydrazine groups is 1. The van der Waals surface area contributed by atoms with E-state index in [2.05, 4.69) is 38.9 Å². The second kappa shape index (κ2) is 5.68. The van der Waals surface area contributed by atoms with Gasteiger partial charge in [0.2, 0.25) is 0 Å². The topological polar surface area (TPSA) is 24.1 Å². The Morgan fingerprint density at radius 1 is 0.875 bits per heavy atom. The van der Waals surface area contributed by atoms with Crippen molar-refractivity contribution in [3.05, 3.63) is 64.6 Å². The SMILES string of the molecule is Brc1ccc(CNNc2ccccc2)cc1. The van der Waals surface area contributed by atoms with Gasteiger partial charge in [0.1, 0.15) is 0 Å². The van der Waals surface area contributed by atoms with Crippen LogP contribution in [-0.2, 0) is 6.54 Å². The predicted molar refractivity (Wildman–Crippen MR) is 71.0 cm³/mol. The van der Waals surface area contributed by atoms with Gasteiger partial charge in [-0.3, -0.25) is 0 Å². The second-order valence-electron chi connectivity index (χ2n) is 3.47. The van der Waals surface area contributed by atoms with Crippen molar-refractivity contribution in [2.75, 3.05) is 5.43 Å². The summed E-state index contributed by atoms with van der Waals surface area (Å²) < 4.78 is 1.10. The molecule has 82 valence electrons. The number of nitrogens with one attached hydrogen (secondary N) is 2. The Bertz CT molecular complexity index is 425. The largest absolute Gasteiger partial charge is 0.321 e. The molecule has 0 aliphatic rings. The van der Waals surface area contributed by atoms with Crippen LogP contribution in [0.25, 0.3) is 0 Å². The molecule has 0 saturated heterocycles. The van der Waals surface area contributed by atoms with Crippen molar-refractivity contribution in [2.24, 2.45) is 0 Å². The Hall–Kier alpha value is -1.32. The molecule has 2 N–H and O–H groups in total. The Balaban J connectivity index is 1.82. The molecule has 0 heterocycles. The van der Waals surface area contributed by atoms with Crippen LogP contribution in [0.15, 0.2) is 59.1 Å². The summed E-state index contributed by atoms with van der Waals surface area (Å²) in [7, 11) is 0. The zero-order valence-electron chi connectivity index (χ0n) is 8.78. The van der Waals surface area contributed by atoms with Crippen molar-refractivity contribution in [3.63, 3.8) is 0 Å². The minimum atomic E-state index is 0.794. The van der Waals surface area contributed by atoms with Gasteiger partial charge in [-0.25, -0.2) is 5.43 Å². The first-order valence-electron chi connectivity index (χ1n) is 5.13. The fourth-order valence-corrected chi connectivity index (χ4v) is 1.64. The number of anilines is 1. The van der Waals surface area contributed by atoms with Gasteiger partial charge in [0.05, 0.1) is 0 Å². The molecule has 3 heteroatoms. The van der Waals surface area contributed by atoms with Gasteiger partial charge in [-0.2, -0.15) is 0 Å². The molecule has 2 nitrogen and oxygen atoms in total. The molecule has 2 aromatic carbocycles. The standard InChI is InChI=1S/C13H13BrN2/c14-12-8-6-11(7-9-12)10-15-16-13-4-2-1-3-5-13/h1-9,15-16H,10H2. The molecule has 2 rings (SSSR count). The van der Waals surface area contributed by atoms with Crippen LogP contribution in [0.4, 0.5) is 5.69 Å². The van der Waals surface area contributed by atoms with Crippen molar-refractivity contribution in [3.8, 4) is 0 Å². The fourth-order valence-electron chi connectivity index (χ4n) is 1.37. The molecule has 0 atom stereocenters. The van der Waals surface area contributed by atoms with Gasteiger partial charge >= 0.3 is 0 Å². The lowest BCUT2D eigenvalue weighted by Gasteiger charge is -2.08. The number of hydrogen-bond acceptors (Lipinski definition) is 2. The monoisotopic (exact) mass is 276 g/mol. The van der Waals surface area contributed by atoms with Crippen LogP contribution in [-0.4, -0.2) is 0 Å². The Kier molecular flexibility index (Phi) is 3.97. The van der Waals surface area contributed by atoms with E-state index in [0.717, 1.165) is 16.7 Å². The van der Waals surface area contributed by atoms with Gasteiger partial charge in [-0.1, -0.05) is 46.3 Å². The van der Waals surface area contributed by atoms with Crippen LogP contribution in [0.1, 0.15) is 5.56 Å². The van der Waals surface area contributed by atoms with Crippen LogP contribution in [0.5, 0.6) is 0 Å². The lowest BCUT2D eigenvalue weighted by Crippen LogP contribution is -2.20. The fraction of sp³-hybridized carbons (Fsp3) is 0.0769. The van der Waals surface area contributed by atoms with E-state index in [1.807, 2.05) is 42.5 Å². The van der Waals surface area contributed by atoms with Crippen LogP contribution < -0.4 is 10.9 Å². The molecule has 0 fully saturated rings. The zero-order chi connectivity index (χ0) is 11.2. The zero-order valence-corrected chi connectivity index (χ0v) is 10.4. The summed E-state index contributed by atoms with van der Waals surface area (Å²) in [4.78, 5) is 0. The van der Waals surface area contributed by atoms with E-state index >= 15 is 0 Å². The van der Waals surface area contributed by atoms with E-state index < -0.39 is 0 Å². The van der Waals surface area contributed by atoms with Crippen LogP contribution in [0.2, 0.25) is 0 Å². The molecular formula is C13H13BrN2. The lowest BCUT2D eigenvalue weighted by molar-refractivity contribution is 0.801. The van der Waals surface area contributed by atoms with E-state index in [1.165, 1.54) is 5.56 Å². The average Bonchev–Trinajstić information content (AvgIpc) is 2.33. The van der Waals surface area contributed by atoms with Crippen LogP contribution in [0, 0.1) is 0 Å². The highest BCUT2D eigenvalue weighted by molar-refractivity contribution is 9.10. The van der Waals surface area contributed by atoms with E-state index in [9.17, 15) is 0 Å². The smallest absolute Gasteiger partial charge is 0.0487 e. The first-order valence-corrected chi connectivity index (χ1v) is 5.92. The number of benzene rings is 2. The van der Waals surface area contributed by atoms with E-state index in [1.54, 1.807) is 0 Å². The van der Waals surface area contributed by atoms with Gasteiger partial charge in [-0.15, -0.1) is 0 Å². The second-order valence-corrected chi connectivity index (χ2v) is 4.39. The summed E-state index contributed by atoms with van der Waals surface area (Å²) in [6, 6.07) is 18.3. The van der Waals surface area contributed by atoms with Crippen molar-refractivity contribution in [2.45, 2.75) is 6.54 Å². The first-order chi connectivity index (χ1) is 7.84. The number of hydrogen-bond donors (Lipinski definition) is 2. The molecule has 0 radical (unpaired) electrons. The minimum absolute atomic E-state index is 0.794. The molecule has 0 aromatic heterocycles. The molecule has 0 bridgehead atoms. The summed E-state index contributed by atoms with van der Waals surface area (Å²) in [6.07, 6.45) is 0. The van der Waals surface area contributed by atoms with Crippen molar-refractivity contribution in [1.82, 2.24) is 5.43 Å². The third-order valence-electron chi connectivity index (χ3n) is 2.21. The normalized spacial score (nSPS) is 10.1. The first kappa shape index (κ1) is 11.2. The molecule has 0 amide bonds.